The average Bonchev–Trinajstić information content (AvgIpc) is 2.13. The largest absolute Gasteiger partial charge is 0.306 e. The van der Waals surface area contributed by atoms with Crippen molar-refractivity contribution in [2.24, 2.45) is 5.92 Å². The highest BCUT2D eigenvalue weighted by Crippen LogP contribution is 2.23. The first-order valence-electron chi connectivity index (χ1n) is 5.61. The Morgan fingerprint density at radius 1 is 1.50 bits per heavy atom. The number of hydrogen-bond acceptors (Lipinski definition) is 3. The first kappa shape index (κ1) is 12.3. The minimum Gasteiger partial charge on any atom is -0.306 e. The zero-order chi connectivity index (χ0) is 10.6. The Morgan fingerprint density at radius 3 is 2.71 bits per heavy atom. The second kappa shape index (κ2) is 5.99. The quantitative estimate of drug-likeness (QED) is 0.713. The van der Waals surface area contributed by atoms with E-state index in [4.69, 9.17) is 0 Å². The van der Waals surface area contributed by atoms with E-state index in [-0.39, 0.29) is 0 Å². The van der Waals surface area contributed by atoms with Gasteiger partial charge in [0, 0.05) is 12.6 Å². The lowest BCUT2D eigenvalue weighted by molar-refractivity contribution is 0.120. The fraction of sp³-hybridized carbons (Fsp3) is 1.00. The lowest BCUT2D eigenvalue weighted by Gasteiger charge is -2.38. The molecule has 0 aromatic heterocycles. The first-order chi connectivity index (χ1) is 6.65. The molecular weight excluding hydrogens is 192 g/mol. The van der Waals surface area contributed by atoms with E-state index in [9.17, 15) is 0 Å². The lowest BCUT2D eigenvalue weighted by atomic mass is 9.89. The smallest absolute Gasteiger partial charge is 0.0137 e. The van der Waals surface area contributed by atoms with Gasteiger partial charge in [0.2, 0.25) is 0 Å². The molecule has 1 fully saturated rings. The van der Waals surface area contributed by atoms with Crippen molar-refractivity contribution in [2.75, 3.05) is 40.0 Å². The van der Waals surface area contributed by atoms with Crippen molar-refractivity contribution in [1.82, 2.24) is 9.80 Å². The molecule has 14 heavy (non-hydrogen) atoms. The number of likely N-dealkylation sites (tertiary alicyclic amines) is 1. The van der Waals surface area contributed by atoms with Gasteiger partial charge in [-0.25, -0.2) is 0 Å². The number of nitrogens with zero attached hydrogens (tertiary/aromatic N) is 2. The van der Waals surface area contributed by atoms with Crippen LogP contribution in [0, 0.1) is 5.92 Å². The summed E-state index contributed by atoms with van der Waals surface area (Å²) in [5, 5.41) is 0. The molecule has 84 valence electrons. The first-order valence-corrected chi connectivity index (χ1v) is 6.24. The van der Waals surface area contributed by atoms with Crippen molar-refractivity contribution in [1.29, 1.82) is 0 Å². The van der Waals surface area contributed by atoms with Crippen molar-refractivity contribution in [3.63, 3.8) is 0 Å². The number of thiol groups is 1. The third-order valence-electron chi connectivity index (χ3n) is 3.29. The van der Waals surface area contributed by atoms with Gasteiger partial charge in [-0.1, -0.05) is 0 Å². The summed E-state index contributed by atoms with van der Waals surface area (Å²) in [5.74, 6) is 1.85. The molecule has 2 nitrogen and oxygen atoms in total. The van der Waals surface area contributed by atoms with Crippen LogP contribution in [0.1, 0.15) is 19.3 Å². The predicted octanol–water partition coefficient (Wildman–Crippen LogP) is 1.58. The molecule has 0 bridgehead atoms. The summed E-state index contributed by atoms with van der Waals surface area (Å²) >= 11 is 4.36. The van der Waals surface area contributed by atoms with E-state index in [1.165, 1.54) is 32.4 Å². The highest BCUT2D eigenvalue weighted by atomic mass is 32.1. The van der Waals surface area contributed by atoms with E-state index in [0.717, 1.165) is 17.7 Å². The minimum absolute atomic E-state index is 0.718. The van der Waals surface area contributed by atoms with Gasteiger partial charge in [0.05, 0.1) is 0 Å². The van der Waals surface area contributed by atoms with E-state index >= 15 is 0 Å². The van der Waals surface area contributed by atoms with Crippen molar-refractivity contribution in [3.05, 3.63) is 0 Å². The summed E-state index contributed by atoms with van der Waals surface area (Å²) in [6, 6.07) is 0.718. The fourth-order valence-corrected chi connectivity index (χ4v) is 2.83. The monoisotopic (exact) mass is 216 g/mol. The van der Waals surface area contributed by atoms with Crippen LogP contribution >= 0.6 is 12.6 Å². The molecule has 0 saturated carbocycles. The zero-order valence-corrected chi connectivity index (χ0v) is 10.6. The second-order valence-corrected chi connectivity index (χ2v) is 5.16. The van der Waals surface area contributed by atoms with Crippen LogP contribution < -0.4 is 0 Å². The van der Waals surface area contributed by atoms with Crippen molar-refractivity contribution >= 4 is 12.6 Å². The summed E-state index contributed by atoms with van der Waals surface area (Å²) in [6.07, 6.45) is 3.97. The van der Waals surface area contributed by atoms with Crippen LogP contribution in [-0.2, 0) is 0 Å². The van der Waals surface area contributed by atoms with Gasteiger partial charge in [-0.05, 0) is 58.6 Å². The third-order valence-corrected chi connectivity index (χ3v) is 3.55. The van der Waals surface area contributed by atoms with E-state index in [1.54, 1.807) is 0 Å². The normalized spacial score (nSPS) is 26.8. The molecule has 1 heterocycles. The molecule has 1 rings (SSSR count). The molecule has 0 aromatic carbocycles. The standard InChI is InChI=1S/C11H24N2S/c1-12(2)11(6-8-14)10-5-4-7-13(3)9-10/h10-11,14H,4-9H2,1-3H3. The SMILES string of the molecule is CN1CCCC(C(CCS)N(C)C)C1. The Balaban J connectivity index is 2.48. The van der Waals surface area contributed by atoms with E-state index < -0.39 is 0 Å². The highest BCUT2D eigenvalue weighted by molar-refractivity contribution is 7.80. The molecule has 0 aromatic rings. The molecule has 0 spiro atoms. The molecule has 1 aliphatic heterocycles. The van der Waals surface area contributed by atoms with E-state index in [2.05, 4.69) is 43.6 Å². The molecule has 0 radical (unpaired) electrons. The predicted molar refractivity (Wildman–Crippen MR) is 66.2 cm³/mol. The highest BCUT2D eigenvalue weighted by Gasteiger charge is 2.26. The minimum atomic E-state index is 0.718. The zero-order valence-electron chi connectivity index (χ0n) is 9.74. The van der Waals surface area contributed by atoms with Gasteiger partial charge in [0.15, 0.2) is 0 Å². The van der Waals surface area contributed by atoms with E-state index in [1.807, 2.05) is 0 Å². The van der Waals surface area contributed by atoms with Crippen LogP contribution in [0.15, 0.2) is 0 Å². The molecule has 2 atom stereocenters. The van der Waals surface area contributed by atoms with Gasteiger partial charge in [-0.15, -0.1) is 0 Å². The second-order valence-electron chi connectivity index (χ2n) is 4.71. The molecule has 2 unspecified atom stereocenters. The maximum atomic E-state index is 4.36. The summed E-state index contributed by atoms with van der Waals surface area (Å²) in [4.78, 5) is 4.84. The van der Waals surface area contributed by atoms with Gasteiger partial charge in [-0.2, -0.15) is 12.6 Å². The summed E-state index contributed by atoms with van der Waals surface area (Å²) in [7, 11) is 6.63. The Kier molecular flexibility index (Phi) is 5.28. The average molecular weight is 216 g/mol. The fourth-order valence-electron chi connectivity index (χ4n) is 2.57. The van der Waals surface area contributed by atoms with Crippen LogP contribution in [0.25, 0.3) is 0 Å². The summed E-state index contributed by atoms with van der Waals surface area (Å²) < 4.78 is 0. The topological polar surface area (TPSA) is 6.48 Å². The van der Waals surface area contributed by atoms with Crippen LogP contribution in [0.3, 0.4) is 0 Å². The molecule has 3 heteroatoms. The van der Waals surface area contributed by atoms with Gasteiger partial charge >= 0.3 is 0 Å². The molecular formula is C11H24N2S. The maximum Gasteiger partial charge on any atom is 0.0137 e. The van der Waals surface area contributed by atoms with Crippen molar-refractivity contribution in [2.45, 2.75) is 25.3 Å². The van der Waals surface area contributed by atoms with Crippen LogP contribution in [0.4, 0.5) is 0 Å². The van der Waals surface area contributed by atoms with Crippen LogP contribution in [-0.4, -0.2) is 55.8 Å². The maximum absolute atomic E-state index is 4.36. The van der Waals surface area contributed by atoms with E-state index in [0.29, 0.717) is 0 Å². The Hall–Kier alpha value is 0.270. The molecule has 0 amide bonds. The van der Waals surface area contributed by atoms with Crippen molar-refractivity contribution in [3.8, 4) is 0 Å². The van der Waals surface area contributed by atoms with Crippen molar-refractivity contribution < 1.29 is 0 Å². The lowest BCUT2D eigenvalue weighted by Crippen LogP contribution is -2.44. The summed E-state index contributed by atoms with van der Waals surface area (Å²) in [6.45, 7) is 2.54. The Bertz CT molecular complexity index is 161. The number of rotatable bonds is 4. The van der Waals surface area contributed by atoms with Crippen LogP contribution in [0.5, 0.6) is 0 Å². The number of piperidine rings is 1. The third kappa shape index (κ3) is 3.44. The van der Waals surface area contributed by atoms with Gasteiger partial charge in [0.1, 0.15) is 0 Å². The van der Waals surface area contributed by atoms with Gasteiger partial charge < -0.3 is 9.80 Å². The van der Waals surface area contributed by atoms with Gasteiger partial charge in [0.25, 0.3) is 0 Å². The molecule has 0 aliphatic carbocycles. The number of hydrogen-bond donors (Lipinski definition) is 1. The van der Waals surface area contributed by atoms with Crippen LogP contribution in [0.2, 0.25) is 0 Å². The Labute approximate surface area is 94.1 Å². The Morgan fingerprint density at radius 2 is 2.21 bits per heavy atom. The molecule has 1 saturated heterocycles. The van der Waals surface area contributed by atoms with Gasteiger partial charge in [-0.3, -0.25) is 0 Å². The molecule has 0 N–H and O–H groups in total. The molecule has 1 aliphatic rings. The summed E-state index contributed by atoms with van der Waals surface area (Å²) in [5.41, 5.74) is 0.